The Balaban J connectivity index is 1.44. The van der Waals surface area contributed by atoms with Crippen molar-refractivity contribution in [2.24, 2.45) is 13.0 Å². The van der Waals surface area contributed by atoms with E-state index in [9.17, 15) is 9.90 Å². The fraction of sp³-hybridized carbons (Fsp3) is 0.500. The molecule has 2 aliphatic rings. The topological polar surface area (TPSA) is 76.4 Å². The van der Waals surface area contributed by atoms with E-state index in [1.165, 1.54) is 5.56 Å². The predicted molar refractivity (Wildman–Crippen MR) is 96.8 cm³/mol. The average molecular weight is 355 g/mol. The molecule has 2 aromatic rings. The Bertz CT molecular complexity index is 795. The minimum atomic E-state index is -0.243. The van der Waals surface area contributed by atoms with Gasteiger partial charge in [0, 0.05) is 26.1 Å². The number of amides is 1. The summed E-state index contributed by atoms with van der Waals surface area (Å²) in [5.74, 6) is 1.27. The molecule has 0 unspecified atom stereocenters. The summed E-state index contributed by atoms with van der Waals surface area (Å²) in [7, 11) is 1.87. The van der Waals surface area contributed by atoms with E-state index in [0.29, 0.717) is 12.8 Å². The normalized spacial score (nSPS) is 22.2. The summed E-state index contributed by atoms with van der Waals surface area (Å²) in [6.07, 6.45) is 7.00. The molecule has 1 fully saturated rings. The summed E-state index contributed by atoms with van der Waals surface area (Å²) < 4.78 is 7.33. The van der Waals surface area contributed by atoms with Gasteiger partial charge in [-0.1, -0.05) is 6.07 Å². The van der Waals surface area contributed by atoms with E-state index in [1.807, 2.05) is 25.4 Å². The van der Waals surface area contributed by atoms with Crippen molar-refractivity contribution >= 4 is 5.91 Å². The number of hydrogen-bond donors (Lipinski definition) is 2. The van der Waals surface area contributed by atoms with E-state index in [4.69, 9.17) is 4.74 Å². The van der Waals surface area contributed by atoms with Gasteiger partial charge in [0.2, 0.25) is 5.91 Å². The lowest BCUT2D eigenvalue weighted by atomic mass is 9.74. The van der Waals surface area contributed by atoms with Crippen LogP contribution in [0, 0.1) is 5.92 Å². The van der Waals surface area contributed by atoms with Crippen molar-refractivity contribution in [3.8, 4) is 5.75 Å². The third-order valence-electron chi connectivity index (χ3n) is 5.41. The van der Waals surface area contributed by atoms with Crippen LogP contribution < -0.4 is 10.1 Å². The van der Waals surface area contributed by atoms with Crippen LogP contribution in [0.2, 0.25) is 0 Å². The number of benzene rings is 1. The second-order valence-corrected chi connectivity index (χ2v) is 7.42. The Morgan fingerprint density at radius 3 is 3.04 bits per heavy atom. The number of nitrogens with zero attached hydrogens (tertiary/aromatic N) is 2. The van der Waals surface area contributed by atoms with Crippen LogP contribution >= 0.6 is 0 Å². The Labute approximate surface area is 153 Å². The summed E-state index contributed by atoms with van der Waals surface area (Å²) in [5.41, 5.74) is 3.38. The molecule has 0 bridgehead atoms. The molecular weight excluding hydrogens is 330 g/mol. The zero-order valence-electron chi connectivity index (χ0n) is 15.0. The lowest BCUT2D eigenvalue weighted by Crippen LogP contribution is -2.41. The SMILES string of the molecule is Cn1cc(CCC(=O)N[C@H](c2ccc3c(c2)CCO3)C2CC(O)C2)cn1. The molecule has 1 aromatic heterocycles. The van der Waals surface area contributed by atoms with Crippen molar-refractivity contribution in [2.75, 3.05) is 6.61 Å². The minimum Gasteiger partial charge on any atom is -0.493 e. The van der Waals surface area contributed by atoms with E-state index in [2.05, 4.69) is 16.5 Å². The van der Waals surface area contributed by atoms with Gasteiger partial charge < -0.3 is 15.2 Å². The van der Waals surface area contributed by atoms with Gasteiger partial charge in [-0.3, -0.25) is 9.48 Å². The quantitative estimate of drug-likeness (QED) is 0.830. The maximum Gasteiger partial charge on any atom is 0.220 e. The predicted octanol–water partition coefficient (Wildman–Crippen LogP) is 1.92. The van der Waals surface area contributed by atoms with Gasteiger partial charge in [-0.15, -0.1) is 0 Å². The summed E-state index contributed by atoms with van der Waals surface area (Å²) in [4.78, 5) is 12.5. The molecule has 2 N–H and O–H groups in total. The Hall–Kier alpha value is -2.34. The van der Waals surface area contributed by atoms with E-state index < -0.39 is 0 Å². The number of aliphatic hydroxyl groups excluding tert-OH is 1. The van der Waals surface area contributed by atoms with Gasteiger partial charge in [-0.05, 0) is 54.0 Å². The molecule has 1 aliphatic carbocycles. The van der Waals surface area contributed by atoms with Crippen LogP contribution in [0.4, 0.5) is 0 Å². The molecular formula is C20H25N3O3. The first-order valence-electron chi connectivity index (χ1n) is 9.29. The van der Waals surface area contributed by atoms with Crippen LogP contribution in [0.15, 0.2) is 30.6 Å². The van der Waals surface area contributed by atoms with Gasteiger partial charge in [0.25, 0.3) is 0 Å². The molecule has 0 spiro atoms. The number of carbonyl (C=O) groups excluding carboxylic acids is 1. The van der Waals surface area contributed by atoms with Gasteiger partial charge in [-0.25, -0.2) is 0 Å². The van der Waals surface area contributed by atoms with Gasteiger partial charge in [0.1, 0.15) is 5.75 Å². The number of ether oxygens (including phenoxy) is 1. The molecule has 6 heteroatoms. The van der Waals surface area contributed by atoms with Crippen LogP contribution in [0.25, 0.3) is 0 Å². The van der Waals surface area contributed by atoms with E-state index >= 15 is 0 Å². The number of aliphatic hydroxyl groups is 1. The highest BCUT2D eigenvalue weighted by Crippen LogP contribution is 2.39. The number of hydrogen-bond acceptors (Lipinski definition) is 4. The van der Waals surface area contributed by atoms with Crippen LogP contribution in [0.1, 0.15) is 42.0 Å². The Morgan fingerprint density at radius 2 is 2.31 bits per heavy atom. The van der Waals surface area contributed by atoms with Crippen molar-refractivity contribution in [1.82, 2.24) is 15.1 Å². The third kappa shape index (κ3) is 3.60. The first-order chi connectivity index (χ1) is 12.6. The zero-order valence-corrected chi connectivity index (χ0v) is 15.0. The third-order valence-corrected chi connectivity index (χ3v) is 5.41. The van der Waals surface area contributed by atoms with Gasteiger partial charge in [0.05, 0.1) is 24.9 Å². The first-order valence-corrected chi connectivity index (χ1v) is 9.29. The van der Waals surface area contributed by atoms with Crippen LogP contribution in [0.5, 0.6) is 5.75 Å². The van der Waals surface area contributed by atoms with Crippen molar-refractivity contribution in [3.05, 3.63) is 47.3 Å². The molecule has 1 aromatic carbocycles. The number of aryl methyl sites for hydroxylation is 2. The summed E-state index contributed by atoms with van der Waals surface area (Å²) in [6, 6.07) is 6.15. The second-order valence-electron chi connectivity index (χ2n) is 7.42. The molecule has 138 valence electrons. The summed E-state index contributed by atoms with van der Waals surface area (Å²) in [6.45, 7) is 0.725. The molecule has 6 nitrogen and oxygen atoms in total. The van der Waals surface area contributed by atoms with Crippen molar-refractivity contribution < 1.29 is 14.6 Å². The van der Waals surface area contributed by atoms with E-state index in [1.54, 1.807) is 10.9 Å². The summed E-state index contributed by atoms with van der Waals surface area (Å²) >= 11 is 0. The fourth-order valence-corrected chi connectivity index (χ4v) is 3.88. The van der Waals surface area contributed by atoms with Crippen LogP contribution in [-0.2, 0) is 24.7 Å². The smallest absolute Gasteiger partial charge is 0.220 e. The molecule has 1 amide bonds. The Morgan fingerprint density at radius 1 is 1.46 bits per heavy atom. The maximum atomic E-state index is 12.5. The number of aromatic nitrogens is 2. The largest absolute Gasteiger partial charge is 0.493 e. The van der Waals surface area contributed by atoms with Gasteiger partial charge in [-0.2, -0.15) is 5.10 Å². The average Bonchev–Trinajstić information content (AvgIpc) is 3.23. The second kappa shape index (κ2) is 7.11. The number of nitrogens with one attached hydrogen (secondary N) is 1. The highest BCUT2D eigenvalue weighted by Gasteiger charge is 2.36. The molecule has 1 atom stereocenters. The van der Waals surface area contributed by atoms with Gasteiger partial charge in [0.15, 0.2) is 0 Å². The molecule has 1 saturated carbocycles. The van der Waals surface area contributed by atoms with E-state index in [0.717, 1.165) is 42.7 Å². The molecule has 2 heterocycles. The molecule has 0 radical (unpaired) electrons. The fourth-order valence-electron chi connectivity index (χ4n) is 3.88. The standard InChI is InChI=1S/C20H25N3O3/c1-23-12-13(11-21-23)2-5-19(25)22-20(16-9-17(24)10-16)15-3-4-18-14(8-15)6-7-26-18/h3-4,8,11-12,16-17,20,24H,2,5-7,9-10H2,1H3,(H,22,25)/t16?,17?,20-/m1/s1. The number of fused-ring (bicyclic) bond motifs is 1. The summed E-state index contributed by atoms with van der Waals surface area (Å²) in [5, 5.41) is 17.1. The maximum absolute atomic E-state index is 12.5. The zero-order chi connectivity index (χ0) is 18.1. The highest BCUT2D eigenvalue weighted by molar-refractivity contribution is 5.76. The van der Waals surface area contributed by atoms with E-state index in [-0.39, 0.29) is 24.0 Å². The van der Waals surface area contributed by atoms with Crippen molar-refractivity contribution in [2.45, 2.75) is 44.2 Å². The lowest BCUT2D eigenvalue weighted by Gasteiger charge is -2.38. The van der Waals surface area contributed by atoms with Crippen molar-refractivity contribution in [3.63, 3.8) is 0 Å². The highest BCUT2D eigenvalue weighted by atomic mass is 16.5. The van der Waals surface area contributed by atoms with Crippen molar-refractivity contribution in [1.29, 1.82) is 0 Å². The van der Waals surface area contributed by atoms with Gasteiger partial charge >= 0.3 is 0 Å². The van der Waals surface area contributed by atoms with Crippen LogP contribution in [-0.4, -0.2) is 33.5 Å². The minimum absolute atomic E-state index is 0.0389. The molecule has 26 heavy (non-hydrogen) atoms. The lowest BCUT2D eigenvalue weighted by molar-refractivity contribution is -0.123. The molecule has 0 saturated heterocycles. The first kappa shape index (κ1) is 17.1. The monoisotopic (exact) mass is 355 g/mol. The number of rotatable bonds is 6. The van der Waals surface area contributed by atoms with Crippen LogP contribution in [0.3, 0.4) is 0 Å². The number of carbonyl (C=O) groups is 1. The molecule has 4 rings (SSSR count). The molecule has 1 aliphatic heterocycles. The Kier molecular flexibility index (Phi) is 4.68.